The summed E-state index contributed by atoms with van der Waals surface area (Å²) in [6, 6.07) is 11.6. The molecule has 6 nitrogen and oxygen atoms in total. The fourth-order valence-electron chi connectivity index (χ4n) is 3.92. The van der Waals surface area contributed by atoms with E-state index < -0.39 is 17.5 Å². The van der Waals surface area contributed by atoms with E-state index in [-0.39, 0.29) is 18.9 Å². The van der Waals surface area contributed by atoms with Crippen molar-refractivity contribution in [3.05, 3.63) is 65.5 Å². The minimum atomic E-state index is -1.35. The first-order valence-corrected chi connectivity index (χ1v) is 9.59. The number of hydrogen-bond donors (Lipinski definition) is 2. The van der Waals surface area contributed by atoms with Crippen molar-refractivity contribution in [3.8, 4) is 0 Å². The van der Waals surface area contributed by atoms with E-state index in [2.05, 4.69) is 4.98 Å². The molecule has 1 aliphatic heterocycles. The number of benzene rings is 1. The van der Waals surface area contributed by atoms with Crippen LogP contribution in [0.1, 0.15) is 40.7 Å². The Bertz CT molecular complexity index is 839. The molecule has 0 saturated carbocycles. The van der Waals surface area contributed by atoms with E-state index in [1.54, 1.807) is 17.2 Å². The summed E-state index contributed by atoms with van der Waals surface area (Å²) in [7, 11) is 0. The molecule has 0 spiro atoms. The maximum atomic E-state index is 12.9. The molecule has 2 N–H and O–H groups in total. The number of carbonyl (C=O) groups excluding carboxylic acids is 1. The van der Waals surface area contributed by atoms with Crippen LogP contribution < -0.4 is 0 Å². The molecule has 2 heterocycles. The summed E-state index contributed by atoms with van der Waals surface area (Å²) < 4.78 is 0. The van der Waals surface area contributed by atoms with Gasteiger partial charge in [0, 0.05) is 25.5 Å². The van der Waals surface area contributed by atoms with E-state index in [0.29, 0.717) is 24.9 Å². The van der Waals surface area contributed by atoms with Gasteiger partial charge in [-0.1, -0.05) is 30.3 Å². The number of aromatic nitrogens is 1. The van der Waals surface area contributed by atoms with Crippen molar-refractivity contribution in [1.29, 1.82) is 0 Å². The predicted molar refractivity (Wildman–Crippen MR) is 105 cm³/mol. The van der Waals surface area contributed by atoms with Crippen LogP contribution in [0.5, 0.6) is 0 Å². The van der Waals surface area contributed by atoms with E-state index in [1.807, 2.05) is 37.3 Å². The molecule has 28 heavy (non-hydrogen) atoms. The van der Waals surface area contributed by atoms with Crippen LogP contribution in [0.2, 0.25) is 0 Å². The molecule has 0 bridgehead atoms. The van der Waals surface area contributed by atoms with Crippen LogP contribution in [0, 0.1) is 12.3 Å². The van der Waals surface area contributed by atoms with Crippen LogP contribution >= 0.6 is 0 Å². The molecule has 1 amide bonds. The van der Waals surface area contributed by atoms with Gasteiger partial charge in [0.1, 0.15) is 5.41 Å². The number of carbonyl (C=O) groups is 2. The maximum absolute atomic E-state index is 12.9. The fraction of sp³-hybridized carbons (Fsp3) is 0.409. The highest BCUT2D eigenvalue weighted by atomic mass is 16.4. The highest BCUT2D eigenvalue weighted by Crippen LogP contribution is 2.36. The van der Waals surface area contributed by atoms with Gasteiger partial charge in [-0.2, -0.15) is 0 Å². The Kier molecular flexibility index (Phi) is 6.09. The Hall–Kier alpha value is -2.73. The van der Waals surface area contributed by atoms with E-state index in [4.69, 9.17) is 0 Å². The van der Waals surface area contributed by atoms with Gasteiger partial charge in [-0.05, 0) is 49.8 Å². The number of nitrogens with zero attached hydrogens (tertiary/aromatic N) is 2. The number of carboxylic acid groups (broad SMARTS) is 1. The van der Waals surface area contributed by atoms with Gasteiger partial charge in [-0.25, -0.2) is 0 Å². The van der Waals surface area contributed by atoms with Crippen LogP contribution in [0.3, 0.4) is 0 Å². The van der Waals surface area contributed by atoms with Gasteiger partial charge < -0.3 is 15.1 Å². The van der Waals surface area contributed by atoms with Crippen LogP contribution in [-0.4, -0.2) is 51.2 Å². The predicted octanol–water partition coefficient (Wildman–Crippen LogP) is 2.69. The number of aryl methyl sites for hydroxylation is 2. The summed E-state index contributed by atoms with van der Waals surface area (Å²) in [6.07, 6.45) is 4.12. The van der Waals surface area contributed by atoms with Gasteiger partial charge in [0.25, 0.3) is 5.91 Å². The van der Waals surface area contributed by atoms with Gasteiger partial charge in [-0.3, -0.25) is 14.6 Å². The normalized spacial score (nSPS) is 22.1. The molecule has 0 aliphatic carbocycles. The molecule has 1 fully saturated rings. The second kappa shape index (κ2) is 8.52. The number of aliphatic hydroxyl groups excluding tert-OH is 1. The fourth-order valence-corrected chi connectivity index (χ4v) is 3.92. The summed E-state index contributed by atoms with van der Waals surface area (Å²) in [6.45, 7) is 2.20. The van der Waals surface area contributed by atoms with Crippen LogP contribution in [0.15, 0.2) is 48.8 Å². The molecule has 3 rings (SSSR count). The van der Waals surface area contributed by atoms with Crippen molar-refractivity contribution in [1.82, 2.24) is 9.88 Å². The summed E-state index contributed by atoms with van der Waals surface area (Å²) in [4.78, 5) is 30.7. The highest BCUT2D eigenvalue weighted by molar-refractivity contribution is 5.94. The lowest BCUT2D eigenvalue weighted by atomic mass is 9.73. The van der Waals surface area contributed by atoms with Crippen molar-refractivity contribution in [2.24, 2.45) is 5.41 Å². The lowest BCUT2D eigenvalue weighted by Gasteiger charge is -2.43. The Labute approximate surface area is 164 Å². The Morgan fingerprint density at radius 1 is 1.25 bits per heavy atom. The van der Waals surface area contributed by atoms with Gasteiger partial charge >= 0.3 is 5.97 Å². The van der Waals surface area contributed by atoms with Crippen molar-refractivity contribution in [2.45, 2.75) is 38.7 Å². The number of aliphatic hydroxyl groups is 1. The SMILES string of the molecule is Cc1cncc(C(=O)N2CC[C@H](O)[C@](CCCc3ccccc3)(C(=O)O)C2)c1. The molecule has 1 aliphatic rings. The molecule has 0 unspecified atom stereocenters. The molecule has 148 valence electrons. The van der Waals surface area contributed by atoms with Crippen molar-refractivity contribution in [3.63, 3.8) is 0 Å². The first-order chi connectivity index (χ1) is 13.4. The van der Waals surface area contributed by atoms with Gasteiger partial charge in [0.05, 0.1) is 11.7 Å². The molecule has 1 aromatic heterocycles. The largest absolute Gasteiger partial charge is 0.481 e. The Morgan fingerprint density at radius 2 is 2.00 bits per heavy atom. The minimum Gasteiger partial charge on any atom is -0.481 e. The number of piperidine rings is 1. The van der Waals surface area contributed by atoms with Crippen LogP contribution in [0.25, 0.3) is 0 Å². The topological polar surface area (TPSA) is 90.7 Å². The number of carboxylic acids is 1. The van der Waals surface area contributed by atoms with E-state index in [1.165, 1.54) is 6.20 Å². The maximum Gasteiger partial charge on any atom is 0.314 e. The number of hydrogen-bond acceptors (Lipinski definition) is 4. The molecular weight excluding hydrogens is 356 g/mol. The zero-order chi connectivity index (χ0) is 20.1. The summed E-state index contributed by atoms with van der Waals surface area (Å²) in [5, 5.41) is 20.5. The number of aliphatic carboxylic acids is 1. The molecular formula is C22H26N2O4. The molecule has 6 heteroatoms. The van der Waals surface area contributed by atoms with Crippen molar-refractivity contribution in [2.75, 3.05) is 13.1 Å². The Morgan fingerprint density at radius 3 is 2.68 bits per heavy atom. The van der Waals surface area contributed by atoms with Crippen LogP contribution in [-0.2, 0) is 11.2 Å². The third-order valence-corrected chi connectivity index (χ3v) is 5.55. The second-order valence-electron chi connectivity index (χ2n) is 7.58. The highest BCUT2D eigenvalue weighted by Gasteiger charge is 2.49. The van der Waals surface area contributed by atoms with Crippen molar-refractivity contribution < 1.29 is 19.8 Å². The first kappa shape index (κ1) is 20.0. The van der Waals surface area contributed by atoms with E-state index >= 15 is 0 Å². The average Bonchev–Trinajstić information content (AvgIpc) is 2.69. The third kappa shape index (κ3) is 4.22. The number of pyridine rings is 1. The monoisotopic (exact) mass is 382 g/mol. The first-order valence-electron chi connectivity index (χ1n) is 9.59. The smallest absolute Gasteiger partial charge is 0.314 e. The number of rotatable bonds is 6. The number of likely N-dealkylation sites (tertiary alicyclic amines) is 1. The van der Waals surface area contributed by atoms with E-state index in [0.717, 1.165) is 17.5 Å². The van der Waals surface area contributed by atoms with Gasteiger partial charge in [0.15, 0.2) is 0 Å². The Balaban J connectivity index is 1.75. The third-order valence-electron chi connectivity index (χ3n) is 5.55. The molecule has 1 saturated heterocycles. The van der Waals surface area contributed by atoms with Gasteiger partial charge in [-0.15, -0.1) is 0 Å². The van der Waals surface area contributed by atoms with Crippen molar-refractivity contribution >= 4 is 11.9 Å². The summed E-state index contributed by atoms with van der Waals surface area (Å²) in [5.74, 6) is -1.29. The molecule has 2 atom stereocenters. The average molecular weight is 382 g/mol. The minimum absolute atomic E-state index is 0.00502. The standard InChI is InChI=1S/C22H26N2O4/c1-16-12-18(14-23-13-16)20(26)24-11-9-19(25)22(15-24,21(27)28)10-5-8-17-6-3-2-4-7-17/h2-4,6-7,12-14,19,25H,5,8-11,15H2,1H3,(H,27,28)/t19-,22+/m0/s1. The quantitative estimate of drug-likeness (QED) is 0.802. The zero-order valence-corrected chi connectivity index (χ0v) is 16.0. The molecule has 2 aromatic rings. The lowest BCUT2D eigenvalue weighted by Crippen LogP contribution is -2.57. The molecule has 0 radical (unpaired) electrons. The second-order valence-corrected chi connectivity index (χ2v) is 7.58. The summed E-state index contributed by atoms with van der Waals surface area (Å²) in [5.41, 5.74) is 1.10. The summed E-state index contributed by atoms with van der Waals surface area (Å²) >= 11 is 0. The van der Waals surface area contributed by atoms with Gasteiger partial charge in [0.2, 0.25) is 0 Å². The number of amides is 1. The van der Waals surface area contributed by atoms with E-state index in [9.17, 15) is 19.8 Å². The van der Waals surface area contributed by atoms with Crippen LogP contribution in [0.4, 0.5) is 0 Å². The zero-order valence-electron chi connectivity index (χ0n) is 16.0. The molecule has 1 aromatic carbocycles. The lowest BCUT2D eigenvalue weighted by molar-refractivity contribution is -0.162.